The van der Waals surface area contributed by atoms with Crippen LogP contribution in [0.5, 0.6) is 0 Å². The van der Waals surface area contributed by atoms with Crippen LogP contribution < -0.4 is 5.32 Å². The Hall–Kier alpha value is -1.32. The molecule has 1 aliphatic carbocycles. The summed E-state index contributed by atoms with van der Waals surface area (Å²) < 4.78 is 0. The number of rotatable bonds is 4. The van der Waals surface area contributed by atoms with E-state index in [1.54, 1.807) is 4.90 Å². The highest BCUT2D eigenvalue weighted by molar-refractivity contribution is 5.80. The molecule has 4 heteroatoms. The zero-order valence-corrected chi connectivity index (χ0v) is 12.2. The van der Waals surface area contributed by atoms with E-state index in [0.29, 0.717) is 25.3 Å². The molecule has 2 rings (SSSR count). The van der Waals surface area contributed by atoms with E-state index in [1.165, 1.54) is 0 Å². The highest BCUT2D eigenvalue weighted by Crippen LogP contribution is 2.46. The van der Waals surface area contributed by atoms with E-state index in [-0.39, 0.29) is 17.2 Å². The fourth-order valence-electron chi connectivity index (χ4n) is 3.20. The SMILES string of the molecule is CC(C)CC(=O)NC[C@@]12CCC=C1N(C)C(=O)CC2. The van der Waals surface area contributed by atoms with Gasteiger partial charge in [-0.05, 0) is 25.2 Å². The molecule has 0 bridgehead atoms. The van der Waals surface area contributed by atoms with Crippen molar-refractivity contribution in [1.82, 2.24) is 10.2 Å². The number of nitrogens with zero attached hydrogens (tertiary/aromatic N) is 1. The summed E-state index contributed by atoms with van der Waals surface area (Å²) in [6.45, 7) is 4.76. The summed E-state index contributed by atoms with van der Waals surface area (Å²) in [5.41, 5.74) is 1.11. The van der Waals surface area contributed by atoms with E-state index in [1.807, 2.05) is 20.9 Å². The van der Waals surface area contributed by atoms with Gasteiger partial charge in [0.15, 0.2) is 0 Å². The molecule has 1 saturated heterocycles. The van der Waals surface area contributed by atoms with Crippen molar-refractivity contribution in [3.05, 3.63) is 11.8 Å². The highest BCUT2D eigenvalue weighted by atomic mass is 16.2. The van der Waals surface area contributed by atoms with Crippen molar-refractivity contribution < 1.29 is 9.59 Å². The third-order valence-electron chi connectivity index (χ3n) is 4.27. The number of allylic oxidation sites excluding steroid dienone is 1. The maximum atomic E-state index is 11.8. The minimum Gasteiger partial charge on any atom is -0.355 e. The van der Waals surface area contributed by atoms with Gasteiger partial charge in [0.1, 0.15) is 0 Å². The molecule has 4 nitrogen and oxygen atoms in total. The van der Waals surface area contributed by atoms with Crippen molar-refractivity contribution in [1.29, 1.82) is 0 Å². The van der Waals surface area contributed by atoms with Crippen LogP contribution in [0.1, 0.15) is 46.0 Å². The summed E-state index contributed by atoms with van der Waals surface area (Å²) in [7, 11) is 1.85. The van der Waals surface area contributed by atoms with Gasteiger partial charge >= 0.3 is 0 Å². The molecule has 19 heavy (non-hydrogen) atoms. The Morgan fingerprint density at radius 1 is 1.47 bits per heavy atom. The molecule has 106 valence electrons. The second kappa shape index (κ2) is 5.35. The zero-order chi connectivity index (χ0) is 14.0. The molecule has 0 spiro atoms. The normalized spacial score (nSPS) is 26.4. The summed E-state index contributed by atoms with van der Waals surface area (Å²) in [4.78, 5) is 25.4. The number of amides is 2. The van der Waals surface area contributed by atoms with Crippen LogP contribution in [0.15, 0.2) is 11.8 Å². The number of fused-ring (bicyclic) bond motifs is 1. The maximum absolute atomic E-state index is 11.8. The molecule has 1 heterocycles. The van der Waals surface area contributed by atoms with Crippen LogP contribution in [0, 0.1) is 11.3 Å². The summed E-state index contributed by atoms with van der Waals surface area (Å²) >= 11 is 0. The van der Waals surface area contributed by atoms with E-state index >= 15 is 0 Å². The summed E-state index contributed by atoms with van der Waals surface area (Å²) in [5.74, 6) is 0.694. The smallest absolute Gasteiger partial charge is 0.226 e. The van der Waals surface area contributed by atoms with Crippen molar-refractivity contribution in [2.75, 3.05) is 13.6 Å². The lowest BCUT2D eigenvalue weighted by Gasteiger charge is -2.41. The van der Waals surface area contributed by atoms with Gasteiger partial charge in [0, 0.05) is 37.5 Å². The number of carbonyl (C=O) groups excluding carboxylic acids is 2. The van der Waals surface area contributed by atoms with Crippen molar-refractivity contribution in [2.24, 2.45) is 11.3 Å². The van der Waals surface area contributed by atoms with Crippen molar-refractivity contribution >= 4 is 11.8 Å². The molecule has 0 unspecified atom stereocenters. The average molecular weight is 264 g/mol. The number of hydrogen-bond donors (Lipinski definition) is 1. The molecule has 0 aromatic carbocycles. The van der Waals surface area contributed by atoms with E-state index in [4.69, 9.17) is 0 Å². The molecular formula is C15H24N2O2. The van der Waals surface area contributed by atoms with Crippen LogP contribution in [0.2, 0.25) is 0 Å². The third kappa shape index (κ3) is 2.82. The average Bonchev–Trinajstić information content (AvgIpc) is 2.76. The molecule has 1 fully saturated rings. The molecule has 1 atom stereocenters. The Morgan fingerprint density at radius 3 is 2.89 bits per heavy atom. The van der Waals surface area contributed by atoms with Gasteiger partial charge in [0.2, 0.25) is 11.8 Å². The lowest BCUT2D eigenvalue weighted by Crippen LogP contribution is -2.46. The molecule has 0 saturated carbocycles. The first-order chi connectivity index (χ1) is 8.94. The lowest BCUT2D eigenvalue weighted by molar-refractivity contribution is -0.132. The standard InChI is InChI=1S/C15H24N2O2/c1-11(2)9-13(18)16-10-15-7-4-5-12(15)17(3)14(19)6-8-15/h5,11H,4,6-10H2,1-3H3,(H,16,18)/t15-/m0/s1. The molecule has 2 aliphatic rings. The van der Waals surface area contributed by atoms with Gasteiger partial charge < -0.3 is 10.2 Å². The predicted octanol–water partition coefficient (Wildman–Crippen LogP) is 2.06. The predicted molar refractivity (Wildman–Crippen MR) is 74.2 cm³/mol. The number of likely N-dealkylation sites (tertiary alicyclic amines) is 1. The monoisotopic (exact) mass is 264 g/mol. The largest absolute Gasteiger partial charge is 0.355 e. The van der Waals surface area contributed by atoms with Crippen molar-refractivity contribution in [3.63, 3.8) is 0 Å². The van der Waals surface area contributed by atoms with Gasteiger partial charge in [0.05, 0.1) is 0 Å². The first-order valence-corrected chi connectivity index (χ1v) is 7.18. The van der Waals surface area contributed by atoms with Crippen LogP contribution >= 0.6 is 0 Å². The number of carbonyl (C=O) groups is 2. The van der Waals surface area contributed by atoms with Crippen molar-refractivity contribution in [3.8, 4) is 0 Å². The Morgan fingerprint density at radius 2 is 2.21 bits per heavy atom. The Balaban J connectivity index is 2.00. The summed E-state index contributed by atoms with van der Waals surface area (Å²) in [6, 6.07) is 0. The van der Waals surface area contributed by atoms with Crippen LogP contribution in [0.4, 0.5) is 0 Å². The van der Waals surface area contributed by atoms with E-state index < -0.39 is 0 Å². The second-order valence-electron chi connectivity index (χ2n) is 6.24. The molecule has 1 N–H and O–H groups in total. The second-order valence-corrected chi connectivity index (χ2v) is 6.24. The van der Waals surface area contributed by atoms with Crippen LogP contribution in [0.25, 0.3) is 0 Å². The lowest BCUT2D eigenvalue weighted by atomic mass is 9.77. The van der Waals surface area contributed by atoms with E-state index in [9.17, 15) is 9.59 Å². The zero-order valence-electron chi connectivity index (χ0n) is 12.2. The molecule has 2 amide bonds. The minimum absolute atomic E-state index is 0.00466. The third-order valence-corrected chi connectivity index (χ3v) is 4.27. The fourth-order valence-corrected chi connectivity index (χ4v) is 3.20. The van der Waals surface area contributed by atoms with Gasteiger partial charge in [-0.3, -0.25) is 9.59 Å². The Bertz CT molecular complexity index is 414. The highest BCUT2D eigenvalue weighted by Gasteiger charge is 2.44. The van der Waals surface area contributed by atoms with Crippen LogP contribution in [-0.4, -0.2) is 30.3 Å². The molecule has 0 aromatic heterocycles. The first kappa shape index (κ1) is 14.1. The van der Waals surface area contributed by atoms with Gasteiger partial charge in [-0.25, -0.2) is 0 Å². The van der Waals surface area contributed by atoms with Gasteiger partial charge in [-0.1, -0.05) is 19.9 Å². The van der Waals surface area contributed by atoms with Crippen LogP contribution in [0.3, 0.4) is 0 Å². The molecular weight excluding hydrogens is 240 g/mol. The fraction of sp³-hybridized carbons (Fsp3) is 0.733. The molecule has 0 radical (unpaired) electrons. The number of nitrogens with one attached hydrogen (secondary N) is 1. The first-order valence-electron chi connectivity index (χ1n) is 7.18. The Labute approximate surface area is 115 Å². The van der Waals surface area contributed by atoms with Gasteiger partial charge in [-0.2, -0.15) is 0 Å². The van der Waals surface area contributed by atoms with E-state index in [2.05, 4.69) is 11.4 Å². The topological polar surface area (TPSA) is 49.4 Å². The van der Waals surface area contributed by atoms with Crippen molar-refractivity contribution in [2.45, 2.75) is 46.0 Å². The Kier molecular flexibility index (Phi) is 3.97. The molecule has 0 aromatic rings. The summed E-state index contributed by atoms with van der Waals surface area (Å²) in [6.07, 6.45) is 6.24. The molecule has 1 aliphatic heterocycles. The summed E-state index contributed by atoms with van der Waals surface area (Å²) in [5, 5.41) is 3.06. The number of hydrogen-bond acceptors (Lipinski definition) is 2. The van der Waals surface area contributed by atoms with Crippen LogP contribution in [-0.2, 0) is 9.59 Å². The van der Waals surface area contributed by atoms with Gasteiger partial charge in [-0.15, -0.1) is 0 Å². The number of piperidine rings is 1. The van der Waals surface area contributed by atoms with Gasteiger partial charge in [0.25, 0.3) is 0 Å². The minimum atomic E-state index is -0.00466. The quantitative estimate of drug-likeness (QED) is 0.845. The van der Waals surface area contributed by atoms with E-state index in [0.717, 1.165) is 25.0 Å². The maximum Gasteiger partial charge on any atom is 0.226 e.